The molecule has 4 aromatic carbocycles. The topological polar surface area (TPSA) is 92.5 Å². The van der Waals surface area contributed by atoms with E-state index in [9.17, 15) is 24.1 Å². The average Bonchev–Trinajstić information content (AvgIpc) is 3.08. The Kier molecular flexibility index (Phi) is 5.10. The second kappa shape index (κ2) is 8.25. The highest BCUT2D eigenvalue weighted by Gasteiger charge is 2.40. The molecule has 4 aromatic rings. The van der Waals surface area contributed by atoms with Gasteiger partial charge in [-0.15, -0.1) is 0 Å². The number of anilines is 2. The Labute approximate surface area is 192 Å². The van der Waals surface area contributed by atoms with Crippen molar-refractivity contribution in [2.75, 3.05) is 10.2 Å². The predicted molar refractivity (Wildman–Crippen MR) is 126 cm³/mol. The van der Waals surface area contributed by atoms with Crippen LogP contribution in [0.5, 0.6) is 0 Å². The van der Waals surface area contributed by atoms with Crippen molar-refractivity contribution < 1.29 is 18.9 Å². The number of nitrogens with one attached hydrogen (secondary N) is 1. The molecule has 8 heteroatoms. The molecule has 0 aromatic heterocycles. The number of carbonyl (C=O) groups excluding carboxylic acids is 2. The van der Waals surface area contributed by atoms with Crippen LogP contribution in [0.1, 0.15) is 5.56 Å². The molecule has 1 N–H and O–H groups in total. The molecule has 0 atom stereocenters. The zero-order chi connectivity index (χ0) is 23.8. The van der Waals surface area contributed by atoms with Gasteiger partial charge in [0.15, 0.2) is 0 Å². The van der Waals surface area contributed by atoms with E-state index in [-0.39, 0.29) is 22.6 Å². The Hall–Kier alpha value is -4.85. The van der Waals surface area contributed by atoms with Crippen LogP contribution in [0.15, 0.2) is 96.7 Å². The number of nitro groups is 1. The van der Waals surface area contributed by atoms with Crippen molar-refractivity contribution in [2.24, 2.45) is 0 Å². The smallest absolute Gasteiger partial charge is 0.282 e. The van der Waals surface area contributed by atoms with Crippen LogP contribution in [-0.4, -0.2) is 16.7 Å². The number of nitrogens with zero attached hydrogens (tertiary/aromatic N) is 2. The van der Waals surface area contributed by atoms with Crippen molar-refractivity contribution in [3.8, 4) is 0 Å². The van der Waals surface area contributed by atoms with Crippen LogP contribution >= 0.6 is 0 Å². The van der Waals surface area contributed by atoms with Gasteiger partial charge in [-0.2, -0.15) is 0 Å². The normalized spacial score (nSPS) is 13.6. The number of rotatable bonds is 5. The molecular formula is C26H16FN3O4. The van der Waals surface area contributed by atoms with E-state index in [1.807, 2.05) is 36.4 Å². The minimum atomic E-state index is -0.660. The van der Waals surface area contributed by atoms with Gasteiger partial charge in [-0.1, -0.05) is 42.5 Å². The molecule has 1 aliphatic heterocycles. The summed E-state index contributed by atoms with van der Waals surface area (Å²) in [6.07, 6.45) is 0. The molecule has 0 spiro atoms. The fraction of sp³-hybridized carbons (Fsp3) is 0. The summed E-state index contributed by atoms with van der Waals surface area (Å²) in [6, 6.07) is 23.6. The van der Waals surface area contributed by atoms with Crippen LogP contribution in [0.25, 0.3) is 16.3 Å². The first kappa shape index (κ1) is 21.0. The van der Waals surface area contributed by atoms with Crippen LogP contribution in [0.2, 0.25) is 0 Å². The van der Waals surface area contributed by atoms with Crippen molar-refractivity contribution >= 4 is 45.2 Å². The fourth-order valence-corrected chi connectivity index (χ4v) is 3.98. The molecule has 0 bridgehead atoms. The number of amides is 2. The Morgan fingerprint density at radius 2 is 1.53 bits per heavy atom. The number of halogens is 1. The first-order chi connectivity index (χ1) is 16.4. The molecule has 0 fully saturated rings. The van der Waals surface area contributed by atoms with Crippen molar-refractivity contribution in [3.05, 3.63) is 118 Å². The number of hydrogen-bond acceptors (Lipinski definition) is 5. The number of imide groups is 1. The van der Waals surface area contributed by atoms with Gasteiger partial charge in [0.2, 0.25) is 0 Å². The van der Waals surface area contributed by atoms with Gasteiger partial charge < -0.3 is 5.32 Å². The number of hydrogen-bond donors (Lipinski definition) is 1. The lowest BCUT2D eigenvalue weighted by Gasteiger charge is -2.15. The van der Waals surface area contributed by atoms with Crippen molar-refractivity contribution in [2.45, 2.75) is 0 Å². The molecule has 1 aliphatic rings. The van der Waals surface area contributed by atoms with Gasteiger partial charge in [0, 0.05) is 23.2 Å². The highest BCUT2D eigenvalue weighted by atomic mass is 19.1. The van der Waals surface area contributed by atoms with Gasteiger partial charge in [0.25, 0.3) is 17.5 Å². The van der Waals surface area contributed by atoms with E-state index in [2.05, 4.69) is 5.32 Å². The van der Waals surface area contributed by atoms with Gasteiger partial charge in [0.1, 0.15) is 11.5 Å². The molecule has 0 unspecified atom stereocenters. The third kappa shape index (κ3) is 3.57. The molecule has 0 radical (unpaired) electrons. The van der Waals surface area contributed by atoms with E-state index in [4.69, 9.17) is 0 Å². The summed E-state index contributed by atoms with van der Waals surface area (Å²) in [7, 11) is 0. The van der Waals surface area contributed by atoms with Gasteiger partial charge in [-0.25, -0.2) is 9.29 Å². The summed E-state index contributed by atoms with van der Waals surface area (Å²) in [5.41, 5.74) is 0.910. The highest BCUT2D eigenvalue weighted by Crippen LogP contribution is 2.35. The second-order valence-corrected chi connectivity index (χ2v) is 7.63. The molecule has 2 amide bonds. The van der Waals surface area contributed by atoms with Crippen molar-refractivity contribution in [1.29, 1.82) is 0 Å². The van der Waals surface area contributed by atoms with E-state index in [0.717, 1.165) is 21.7 Å². The van der Waals surface area contributed by atoms with Gasteiger partial charge in [0.05, 0.1) is 16.2 Å². The molecule has 34 heavy (non-hydrogen) atoms. The van der Waals surface area contributed by atoms with Crippen molar-refractivity contribution in [1.82, 2.24) is 0 Å². The SMILES string of the molecule is O=C1C(Nc2cccc3ccccc23)=C(c2ccc([N+](=O)[O-])cc2)C(=O)N1c1cccc(F)c1. The first-order valence-electron chi connectivity index (χ1n) is 10.3. The van der Waals surface area contributed by atoms with Crippen LogP contribution in [-0.2, 0) is 9.59 Å². The Morgan fingerprint density at radius 1 is 0.824 bits per heavy atom. The Morgan fingerprint density at radius 3 is 2.26 bits per heavy atom. The molecule has 7 nitrogen and oxygen atoms in total. The molecule has 166 valence electrons. The summed E-state index contributed by atoms with van der Waals surface area (Å²) >= 11 is 0. The van der Waals surface area contributed by atoms with E-state index >= 15 is 0 Å². The number of carbonyl (C=O) groups is 2. The van der Waals surface area contributed by atoms with Crippen molar-refractivity contribution in [3.63, 3.8) is 0 Å². The summed E-state index contributed by atoms with van der Waals surface area (Å²) in [5, 5.41) is 15.9. The quantitative estimate of drug-likeness (QED) is 0.252. The molecular weight excluding hydrogens is 437 g/mol. The summed E-state index contributed by atoms with van der Waals surface area (Å²) in [5.74, 6) is -1.91. The van der Waals surface area contributed by atoms with Crippen LogP contribution in [0, 0.1) is 15.9 Å². The number of fused-ring (bicyclic) bond motifs is 1. The van der Waals surface area contributed by atoms with E-state index in [1.165, 1.54) is 42.5 Å². The lowest BCUT2D eigenvalue weighted by molar-refractivity contribution is -0.384. The van der Waals surface area contributed by atoms with E-state index in [1.54, 1.807) is 6.07 Å². The maximum atomic E-state index is 13.9. The zero-order valence-corrected chi connectivity index (χ0v) is 17.6. The molecule has 0 saturated carbocycles. The zero-order valence-electron chi connectivity index (χ0n) is 17.6. The number of non-ortho nitro benzene ring substituents is 1. The molecule has 5 rings (SSSR count). The maximum absolute atomic E-state index is 13.9. The molecule has 1 heterocycles. The van der Waals surface area contributed by atoms with Crippen LogP contribution in [0.3, 0.4) is 0 Å². The third-order valence-corrected chi connectivity index (χ3v) is 5.57. The predicted octanol–water partition coefficient (Wildman–Crippen LogP) is 5.28. The third-order valence-electron chi connectivity index (χ3n) is 5.57. The lowest BCUT2D eigenvalue weighted by Crippen LogP contribution is -2.32. The van der Waals surface area contributed by atoms with Crippen LogP contribution in [0.4, 0.5) is 21.5 Å². The Bertz CT molecular complexity index is 1510. The van der Waals surface area contributed by atoms with Crippen LogP contribution < -0.4 is 10.2 Å². The first-order valence-corrected chi connectivity index (χ1v) is 10.3. The minimum Gasteiger partial charge on any atom is -0.350 e. The van der Waals surface area contributed by atoms with E-state index in [0.29, 0.717) is 11.3 Å². The molecule has 0 saturated heterocycles. The van der Waals surface area contributed by atoms with Gasteiger partial charge in [-0.3, -0.25) is 19.7 Å². The summed E-state index contributed by atoms with van der Waals surface area (Å²) < 4.78 is 13.9. The van der Waals surface area contributed by atoms with Gasteiger partial charge >= 0.3 is 0 Å². The van der Waals surface area contributed by atoms with Gasteiger partial charge in [-0.05, 0) is 47.3 Å². The minimum absolute atomic E-state index is 0.000493. The fourth-order valence-electron chi connectivity index (χ4n) is 3.98. The average molecular weight is 453 g/mol. The lowest BCUT2D eigenvalue weighted by atomic mass is 10.0. The summed E-state index contributed by atoms with van der Waals surface area (Å²) in [4.78, 5) is 38.4. The summed E-state index contributed by atoms with van der Waals surface area (Å²) in [6.45, 7) is 0. The second-order valence-electron chi connectivity index (χ2n) is 7.63. The largest absolute Gasteiger partial charge is 0.350 e. The Balaban J connectivity index is 1.66. The standard InChI is InChI=1S/C26H16FN3O4/c27-18-7-4-8-20(15-18)29-25(31)23(17-11-13-19(14-12-17)30(33)34)24(26(29)32)28-22-10-3-6-16-5-1-2-9-21(16)22/h1-15,28H. The maximum Gasteiger partial charge on any atom is 0.282 e. The molecule has 0 aliphatic carbocycles. The highest BCUT2D eigenvalue weighted by molar-refractivity contribution is 6.46. The number of benzene rings is 4. The van der Waals surface area contributed by atoms with E-state index < -0.39 is 22.6 Å². The monoisotopic (exact) mass is 453 g/mol. The number of nitro benzene ring substituents is 1.